The second-order valence-corrected chi connectivity index (χ2v) is 15.1. The molecule has 0 aliphatic heterocycles. The van der Waals surface area contributed by atoms with Crippen LogP contribution in [0.4, 0.5) is 0 Å². The van der Waals surface area contributed by atoms with Gasteiger partial charge in [-0.15, -0.1) is 11.3 Å². The van der Waals surface area contributed by atoms with E-state index in [0.717, 1.165) is 81.1 Å². The fraction of sp³-hybridized carbons (Fsp3) is 0. The van der Waals surface area contributed by atoms with Crippen molar-refractivity contribution >= 4 is 75.3 Å². The molecule has 0 amide bonds. The second kappa shape index (κ2) is 12.5. The highest BCUT2D eigenvalue weighted by Crippen LogP contribution is 2.50. The minimum absolute atomic E-state index is 0.549. The van der Waals surface area contributed by atoms with Crippen molar-refractivity contribution in [2.75, 3.05) is 0 Å². The molecule has 0 atom stereocenters. The first-order valence-electron chi connectivity index (χ1n) is 18.8. The maximum Gasteiger partial charge on any atom is 0.238 e. The fourth-order valence-corrected chi connectivity index (χ4v) is 9.64. The Morgan fingerprint density at radius 3 is 1.63 bits per heavy atom. The van der Waals surface area contributed by atoms with E-state index in [0.29, 0.717) is 17.6 Å². The number of fused-ring (bicyclic) bond motifs is 12. The lowest BCUT2D eigenvalue weighted by atomic mass is 10.0. The molecule has 7 aromatic carbocycles. The van der Waals surface area contributed by atoms with E-state index in [1.165, 1.54) is 10.8 Å². The van der Waals surface area contributed by atoms with Crippen LogP contribution in [0.2, 0.25) is 0 Å². The van der Waals surface area contributed by atoms with Crippen LogP contribution < -0.4 is 0 Å². The minimum atomic E-state index is 0.549. The molecule has 12 aromatic rings. The maximum absolute atomic E-state index is 5.34. The van der Waals surface area contributed by atoms with Crippen molar-refractivity contribution in [1.82, 2.24) is 34.1 Å². The second-order valence-electron chi connectivity index (χ2n) is 14.1. The minimum Gasteiger partial charge on any atom is -0.309 e. The van der Waals surface area contributed by atoms with Crippen LogP contribution in [0.3, 0.4) is 0 Å². The summed E-state index contributed by atoms with van der Waals surface area (Å²) in [6.07, 6.45) is 3.60. The van der Waals surface area contributed by atoms with Crippen molar-refractivity contribution < 1.29 is 0 Å². The average Bonchev–Trinajstić information content (AvgIpc) is 3.95. The third kappa shape index (κ3) is 4.81. The smallest absolute Gasteiger partial charge is 0.238 e. The summed E-state index contributed by atoms with van der Waals surface area (Å²) < 4.78 is 5.75. The summed E-state index contributed by atoms with van der Waals surface area (Å²) in [5, 5.41) is 6.73. The predicted molar refractivity (Wildman–Crippen MR) is 233 cm³/mol. The first-order chi connectivity index (χ1) is 28.3. The molecule has 0 saturated heterocycles. The number of aromatic nitrogens is 7. The van der Waals surface area contributed by atoms with Gasteiger partial charge >= 0.3 is 0 Å². The largest absolute Gasteiger partial charge is 0.309 e. The van der Waals surface area contributed by atoms with Gasteiger partial charge in [0.15, 0.2) is 11.6 Å². The summed E-state index contributed by atoms with van der Waals surface area (Å²) in [4.78, 5) is 26.1. The van der Waals surface area contributed by atoms with Crippen molar-refractivity contribution in [3.63, 3.8) is 0 Å². The van der Waals surface area contributed by atoms with Gasteiger partial charge in [-0.2, -0.15) is 9.97 Å². The molecule has 7 nitrogen and oxygen atoms in total. The SMILES string of the molecule is c1ccc(-c2ccc(-c3nc(-c4ccccc4)nc(-n4c5ccccc5c5c6c7ccccc7n(-c7ccccc7)c6c6c7cncnc7sc6c54)n3)cc2)cc1. The van der Waals surface area contributed by atoms with Crippen LogP contribution in [0.25, 0.3) is 109 Å². The first kappa shape index (κ1) is 31.8. The Labute approximate surface area is 329 Å². The zero-order valence-corrected chi connectivity index (χ0v) is 31.1. The lowest BCUT2D eigenvalue weighted by Gasteiger charge is -2.12. The van der Waals surface area contributed by atoms with Crippen molar-refractivity contribution in [1.29, 1.82) is 0 Å². The summed E-state index contributed by atoms with van der Waals surface area (Å²) in [6.45, 7) is 0. The van der Waals surface area contributed by atoms with Crippen LogP contribution in [-0.4, -0.2) is 34.1 Å². The van der Waals surface area contributed by atoms with Crippen molar-refractivity contribution in [2.45, 2.75) is 0 Å². The normalized spacial score (nSPS) is 11.9. The highest BCUT2D eigenvalue weighted by molar-refractivity contribution is 7.26. The van der Waals surface area contributed by atoms with Gasteiger partial charge in [0.05, 0.1) is 26.8 Å². The van der Waals surface area contributed by atoms with Crippen LogP contribution in [0.5, 0.6) is 0 Å². The molecule has 5 heterocycles. The molecule has 0 aliphatic rings. The summed E-state index contributed by atoms with van der Waals surface area (Å²) in [5.74, 6) is 1.76. The summed E-state index contributed by atoms with van der Waals surface area (Å²) in [6, 6.07) is 57.0. The Kier molecular flexibility index (Phi) is 6.96. The molecule has 0 bridgehead atoms. The molecule has 0 radical (unpaired) electrons. The molecule has 266 valence electrons. The Morgan fingerprint density at radius 2 is 0.947 bits per heavy atom. The summed E-state index contributed by atoms with van der Waals surface area (Å²) in [5.41, 5.74) is 9.52. The third-order valence-corrected chi connectivity index (χ3v) is 12.1. The number of thiophene rings is 1. The Morgan fingerprint density at radius 1 is 0.421 bits per heavy atom. The van der Waals surface area contributed by atoms with Crippen LogP contribution in [-0.2, 0) is 0 Å². The number of nitrogens with zero attached hydrogens (tertiary/aromatic N) is 7. The van der Waals surface area contributed by atoms with Gasteiger partial charge < -0.3 is 4.57 Å². The summed E-state index contributed by atoms with van der Waals surface area (Å²) in [7, 11) is 0. The number of hydrogen-bond donors (Lipinski definition) is 0. The molecule has 12 rings (SSSR count). The van der Waals surface area contributed by atoms with E-state index in [1.807, 2.05) is 30.5 Å². The van der Waals surface area contributed by atoms with E-state index in [2.05, 4.69) is 154 Å². The van der Waals surface area contributed by atoms with Crippen molar-refractivity contribution in [3.8, 4) is 45.5 Å². The van der Waals surface area contributed by atoms with Crippen molar-refractivity contribution in [2.24, 2.45) is 0 Å². The molecular formula is C49H29N7S. The highest BCUT2D eigenvalue weighted by Gasteiger charge is 2.28. The van der Waals surface area contributed by atoms with Crippen LogP contribution in [0, 0.1) is 0 Å². The molecule has 0 saturated carbocycles. The fourth-order valence-electron chi connectivity index (χ4n) is 8.49. The molecule has 0 spiro atoms. The van der Waals surface area contributed by atoms with E-state index < -0.39 is 0 Å². The monoisotopic (exact) mass is 747 g/mol. The van der Waals surface area contributed by atoms with E-state index in [-0.39, 0.29) is 0 Å². The lowest BCUT2D eigenvalue weighted by Crippen LogP contribution is -2.06. The van der Waals surface area contributed by atoms with Gasteiger partial charge in [0, 0.05) is 55.3 Å². The van der Waals surface area contributed by atoms with Gasteiger partial charge in [0.25, 0.3) is 0 Å². The molecule has 0 aliphatic carbocycles. The van der Waals surface area contributed by atoms with Crippen molar-refractivity contribution in [3.05, 3.63) is 176 Å². The standard InChI is InChI=1S/C49H29N7S/c1-4-14-30(15-5-1)31-24-26-33(27-25-31)47-52-46(32-16-6-2-7-17-32)53-49(54-47)56-39-23-13-11-21-36(39)41-40-35-20-10-12-22-38(35)55(34-18-8-3-9-19-34)43(40)42-37-28-50-29-51-48(37)57-45(42)44(41)56/h1-29H. The molecule has 0 fully saturated rings. The van der Waals surface area contributed by atoms with Crippen LogP contribution >= 0.6 is 11.3 Å². The molecule has 0 unspecified atom stereocenters. The third-order valence-electron chi connectivity index (χ3n) is 10.9. The van der Waals surface area contributed by atoms with E-state index in [1.54, 1.807) is 17.7 Å². The van der Waals surface area contributed by atoms with Crippen LogP contribution in [0.1, 0.15) is 0 Å². The van der Waals surface area contributed by atoms with Crippen LogP contribution in [0.15, 0.2) is 176 Å². The predicted octanol–water partition coefficient (Wildman–Crippen LogP) is 12.2. The average molecular weight is 748 g/mol. The van der Waals surface area contributed by atoms with E-state index in [4.69, 9.17) is 19.9 Å². The maximum atomic E-state index is 5.34. The first-order valence-corrected chi connectivity index (χ1v) is 19.7. The Bertz CT molecular complexity index is 3500. The number of rotatable bonds is 5. The number of hydrogen-bond acceptors (Lipinski definition) is 6. The van der Waals surface area contributed by atoms with Gasteiger partial charge in [0.2, 0.25) is 5.95 Å². The Hall–Kier alpha value is -7.55. The topological polar surface area (TPSA) is 74.3 Å². The molecule has 0 N–H and O–H groups in total. The van der Waals surface area contributed by atoms with E-state index in [9.17, 15) is 0 Å². The van der Waals surface area contributed by atoms with Gasteiger partial charge in [-0.1, -0.05) is 140 Å². The molecule has 8 heteroatoms. The Balaban J connectivity index is 1.24. The zero-order valence-electron chi connectivity index (χ0n) is 30.3. The van der Waals surface area contributed by atoms with Gasteiger partial charge in [0.1, 0.15) is 11.2 Å². The lowest BCUT2D eigenvalue weighted by molar-refractivity contribution is 0.955. The molecule has 57 heavy (non-hydrogen) atoms. The van der Waals surface area contributed by atoms with Gasteiger partial charge in [-0.05, 0) is 35.4 Å². The van der Waals surface area contributed by atoms with Gasteiger partial charge in [-0.3, -0.25) is 4.57 Å². The van der Waals surface area contributed by atoms with E-state index >= 15 is 0 Å². The molecular weight excluding hydrogens is 719 g/mol. The quantitative estimate of drug-likeness (QED) is 0.175. The summed E-state index contributed by atoms with van der Waals surface area (Å²) >= 11 is 1.69. The highest BCUT2D eigenvalue weighted by atomic mass is 32.1. The zero-order chi connectivity index (χ0) is 37.5. The number of benzene rings is 7. The molecule has 5 aromatic heterocycles. The number of para-hydroxylation sites is 3. The van der Waals surface area contributed by atoms with Gasteiger partial charge in [-0.25, -0.2) is 15.0 Å².